The van der Waals surface area contributed by atoms with Crippen LogP contribution in [0.4, 0.5) is 4.79 Å². The van der Waals surface area contributed by atoms with E-state index in [1.54, 1.807) is 7.11 Å². The zero-order chi connectivity index (χ0) is 20.4. The maximum atomic E-state index is 13.0. The first-order valence-electron chi connectivity index (χ1n) is 10.7. The van der Waals surface area contributed by atoms with Gasteiger partial charge in [-0.25, -0.2) is 9.69 Å². The van der Waals surface area contributed by atoms with Gasteiger partial charge >= 0.3 is 6.03 Å². The van der Waals surface area contributed by atoms with Gasteiger partial charge in [0, 0.05) is 38.3 Å². The van der Waals surface area contributed by atoms with Gasteiger partial charge in [0.25, 0.3) is 5.91 Å². The molecule has 2 aliphatic heterocycles. The van der Waals surface area contributed by atoms with E-state index in [-0.39, 0.29) is 11.9 Å². The van der Waals surface area contributed by atoms with Crippen molar-refractivity contribution in [3.05, 3.63) is 29.3 Å². The fourth-order valence-corrected chi connectivity index (χ4v) is 4.86. The Kier molecular flexibility index (Phi) is 5.79. The molecule has 4 rings (SSSR count). The number of benzene rings is 1. The molecule has 7 heteroatoms. The third kappa shape index (κ3) is 4.12. The molecule has 0 bridgehead atoms. The van der Waals surface area contributed by atoms with Gasteiger partial charge in [-0.1, -0.05) is 37.0 Å². The van der Waals surface area contributed by atoms with Gasteiger partial charge in [0.15, 0.2) is 0 Å². The topological polar surface area (TPSA) is 65.1 Å². The second kappa shape index (κ2) is 8.32. The summed E-state index contributed by atoms with van der Waals surface area (Å²) in [7, 11) is 1.71. The van der Waals surface area contributed by atoms with Crippen molar-refractivity contribution >= 4 is 11.9 Å². The quantitative estimate of drug-likeness (QED) is 0.769. The van der Waals surface area contributed by atoms with E-state index in [9.17, 15) is 9.59 Å². The lowest BCUT2D eigenvalue weighted by molar-refractivity contribution is -0.134. The zero-order valence-corrected chi connectivity index (χ0v) is 17.6. The minimum absolute atomic E-state index is 0.0193. The van der Waals surface area contributed by atoms with E-state index >= 15 is 0 Å². The van der Waals surface area contributed by atoms with Crippen molar-refractivity contribution in [2.45, 2.75) is 51.1 Å². The largest absolute Gasteiger partial charge is 0.496 e. The molecule has 0 radical (unpaired) electrons. The van der Waals surface area contributed by atoms with E-state index in [0.29, 0.717) is 6.67 Å². The van der Waals surface area contributed by atoms with E-state index in [2.05, 4.69) is 34.2 Å². The number of hydrogen-bond acceptors (Lipinski definition) is 5. The second-order valence-corrected chi connectivity index (χ2v) is 8.66. The number of ether oxygens (including phenoxy) is 1. The summed E-state index contributed by atoms with van der Waals surface area (Å²) in [4.78, 5) is 31.5. The Morgan fingerprint density at radius 1 is 1.03 bits per heavy atom. The molecule has 1 spiro atoms. The van der Waals surface area contributed by atoms with Crippen LogP contribution >= 0.6 is 0 Å². The molecular formula is C22H32N4O3. The molecule has 3 fully saturated rings. The first-order chi connectivity index (χ1) is 14.0. The molecule has 158 valence electrons. The van der Waals surface area contributed by atoms with E-state index in [1.807, 2.05) is 6.07 Å². The van der Waals surface area contributed by atoms with Crippen LogP contribution in [-0.4, -0.2) is 72.1 Å². The van der Waals surface area contributed by atoms with Crippen LogP contribution in [0, 0.1) is 6.92 Å². The average Bonchev–Trinajstić information content (AvgIpc) is 2.94. The highest BCUT2D eigenvalue weighted by atomic mass is 16.5. The van der Waals surface area contributed by atoms with Gasteiger partial charge in [-0.2, -0.15) is 0 Å². The predicted molar refractivity (Wildman–Crippen MR) is 111 cm³/mol. The summed E-state index contributed by atoms with van der Waals surface area (Å²) < 4.78 is 5.50. The minimum Gasteiger partial charge on any atom is -0.496 e. The summed E-state index contributed by atoms with van der Waals surface area (Å²) in [6.07, 6.45) is 4.74. The Morgan fingerprint density at radius 3 is 2.41 bits per heavy atom. The first-order valence-corrected chi connectivity index (χ1v) is 10.7. The number of aryl methyl sites for hydroxylation is 1. The Balaban J connectivity index is 1.32. The summed E-state index contributed by atoms with van der Waals surface area (Å²) in [5.74, 6) is 0.907. The molecule has 1 aliphatic carbocycles. The third-order valence-corrected chi connectivity index (χ3v) is 6.59. The van der Waals surface area contributed by atoms with Crippen molar-refractivity contribution in [1.29, 1.82) is 0 Å². The summed E-state index contributed by atoms with van der Waals surface area (Å²) >= 11 is 0. The monoisotopic (exact) mass is 400 g/mol. The van der Waals surface area contributed by atoms with E-state index in [0.717, 1.165) is 70.6 Å². The van der Waals surface area contributed by atoms with Crippen LogP contribution in [0.25, 0.3) is 0 Å². The highest BCUT2D eigenvalue weighted by Gasteiger charge is 2.51. The molecule has 1 aromatic rings. The van der Waals surface area contributed by atoms with Gasteiger partial charge in [0.2, 0.25) is 0 Å². The van der Waals surface area contributed by atoms with Crippen molar-refractivity contribution in [3.63, 3.8) is 0 Å². The van der Waals surface area contributed by atoms with E-state index in [1.165, 1.54) is 16.0 Å². The Labute approximate surface area is 173 Å². The number of rotatable bonds is 5. The molecule has 1 saturated carbocycles. The fourth-order valence-electron chi connectivity index (χ4n) is 4.86. The van der Waals surface area contributed by atoms with Crippen LogP contribution in [0.5, 0.6) is 5.75 Å². The Morgan fingerprint density at radius 2 is 1.72 bits per heavy atom. The third-order valence-electron chi connectivity index (χ3n) is 6.59. The van der Waals surface area contributed by atoms with Crippen LogP contribution in [0.3, 0.4) is 0 Å². The van der Waals surface area contributed by atoms with Crippen LogP contribution in [-0.2, 0) is 11.3 Å². The highest BCUT2D eigenvalue weighted by Crippen LogP contribution is 2.33. The minimum atomic E-state index is -0.626. The second-order valence-electron chi connectivity index (χ2n) is 8.66. The van der Waals surface area contributed by atoms with Gasteiger partial charge in [-0.3, -0.25) is 14.6 Å². The van der Waals surface area contributed by atoms with Crippen molar-refractivity contribution in [3.8, 4) is 5.75 Å². The van der Waals surface area contributed by atoms with Crippen LogP contribution in [0.15, 0.2) is 18.2 Å². The maximum Gasteiger partial charge on any atom is 0.326 e. The number of nitrogens with one attached hydrogen (secondary N) is 1. The first kappa shape index (κ1) is 20.2. The van der Waals surface area contributed by atoms with Crippen molar-refractivity contribution in [1.82, 2.24) is 20.0 Å². The van der Waals surface area contributed by atoms with Crippen molar-refractivity contribution < 1.29 is 14.3 Å². The number of nitrogens with zero attached hydrogens (tertiary/aromatic N) is 3. The number of piperazine rings is 1. The lowest BCUT2D eigenvalue weighted by atomic mass is 9.82. The Hall–Kier alpha value is -2.12. The normalized spacial score (nSPS) is 22.9. The summed E-state index contributed by atoms with van der Waals surface area (Å²) in [6, 6.07) is 6.06. The van der Waals surface area contributed by atoms with E-state index in [4.69, 9.17) is 4.74 Å². The number of imide groups is 1. The lowest BCUT2D eigenvalue weighted by Gasteiger charge is -2.36. The smallest absolute Gasteiger partial charge is 0.326 e. The van der Waals surface area contributed by atoms with Gasteiger partial charge < -0.3 is 10.1 Å². The standard InChI is InChI=1S/C22H32N4O3/c1-17-6-7-19(29-2)18(14-17)15-24-10-12-25(13-11-24)16-26-20(27)22(23-21(26)28)8-4-3-5-9-22/h6-7,14H,3-5,8-13,15-16H2,1-2H3,(H,23,28). The molecule has 2 saturated heterocycles. The van der Waals surface area contributed by atoms with Gasteiger partial charge in [-0.15, -0.1) is 0 Å². The molecule has 3 amide bonds. The van der Waals surface area contributed by atoms with Gasteiger partial charge in [0.05, 0.1) is 13.8 Å². The number of hydrogen-bond donors (Lipinski definition) is 1. The van der Waals surface area contributed by atoms with Crippen molar-refractivity contribution in [2.75, 3.05) is 40.0 Å². The number of carbonyl (C=O) groups excluding carboxylic acids is 2. The highest BCUT2D eigenvalue weighted by molar-refractivity contribution is 6.07. The fraction of sp³-hybridized carbons (Fsp3) is 0.636. The van der Waals surface area contributed by atoms with Crippen LogP contribution in [0.2, 0.25) is 0 Å². The van der Waals surface area contributed by atoms with Crippen LogP contribution < -0.4 is 10.1 Å². The average molecular weight is 401 g/mol. The number of carbonyl (C=O) groups is 2. The number of urea groups is 1. The summed E-state index contributed by atoms with van der Waals surface area (Å²) in [6.45, 7) is 6.85. The SMILES string of the molecule is COc1ccc(C)cc1CN1CCN(CN2C(=O)NC3(CCCCC3)C2=O)CC1. The maximum absolute atomic E-state index is 13.0. The molecule has 29 heavy (non-hydrogen) atoms. The predicted octanol–water partition coefficient (Wildman–Crippen LogP) is 2.33. The van der Waals surface area contributed by atoms with Gasteiger partial charge in [-0.05, 0) is 25.8 Å². The number of methoxy groups -OCH3 is 1. The molecule has 7 nitrogen and oxygen atoms in total. The lowest BCUT2D eigenvalue weighted by Crippen LogP contribution is -2.52. The molecule has 0 unspecified atom stereocenters. The molecule has 3 aliphatic rings. The molecular weight excluding hydrogens is 368 g/mol. The number of amides is 3. The zero-order valence-electron chi connectivity index (χ0n) is 17.6. The summed E-state index contributed by atoms with van der Waals surface area (Å²) in [5, 5.41) is 3.00. The van der Waals surface area contributed by atoms with Crippen LogP contribution in [0.1, 0.15) is 43.2 Å². The van der Waals surface area contributed by atoms with Crippen molar-refractivity contribution in [2.24, 2.45) is 0 Å². The van der Waals surface area contributed by atoms with Gasteiger partial charge in [0.1, 0.15) is 11.3 Å². The summed E-state index contributed by atoms with van der Waals surface area (Å²) in [5.41, 5.74) is 1.81. The van der Waals surface area contributed by atoms with E-state index < -0.39 is 5.54 Å². The molecule has 0 atom stereocenters. The molecule has 1 N–H and O–H groups in total. The molecule has 1 aromatic carbocycles. The molecule has 0 aromatic heterocycles. The molecule has 2 heterocycles. The Bertz CT molecular complexity index is 767.